The van der Waals surface area contributed by atoms with Crippen LogP contribution in [0.25, 0.3) is 21.9 Å². The van der Waals surface area contributed by atoms with Gasteiger partial charge in [0.15, 0.2) is 0 Å². The Morgan fingerprint density at radius 2 is 1.65 bits per heavy atom. The van der Waals surface area contributed by atoms with Crippen LogP contribution in [0.1, 0.15) is 12.0 Å². The predicted octanol–water partition coefficient (Wildman–Crippen LogP) is 4.39. The van der Waals surface area contributed by atoms with E-state index < -0.39 is 0 Å². The highest BCUT2D eigenvalue weighted by atomic mass is 16.5. The lowest BCUT2D eigenvalue weighted by Crippen LogP contribution is -2.16. The molecule has 0 amide bonds. The van der Waals surface area contributed by atoms with E-state index in [1.165, 1.54) is 27.5 Å². The number of fused-ring (bicyclic) bond motifs is 1. The Bertz CT molecular complexity index is 800. The van der Waals surface area contributed by atoms with E-state index in [0.29, 0.717) is 12.7 Å². The number of hydrogen-bond acceptors (Lipinski definition) is 2. The van der Waals surface area contributed by atoms with E-state index in [9.17, 15) is 0 Å². The number of hydrogen-bond donors (Lipinski definition) is 1. The first kappa shape index (κ1) is 14.4. The zero-order valence-electron chi connectivity index (χ0n) is 13.2. The van der Waals surface area contributed by atoms with Crippen molar-refractivity contribution in [3.63, 3.8) is 0 Å². The van der Waals surface area contributed by atoms with Crippen LogP contribution in [0.15, 0.2) is 66.7 Å². The van der Waals surface area contributed by atoms with Gasteiger partial charge < -0.3 is 10.1 Å². The van der Waals surface area contributed by atoms with Crippen molar-refractivity contribution in [3.8, 4) is 11.1 Å². The molecule has 0 saturated carbocycles. The Balaban J connectivity index is 1.70. The maximum Gasteiger partial charge on any atom is 0.0727 e. The molecule has 1 unspecified atom stereocenters. The van der Waals surface area contributed by atoms with Crippen LogP contribution in [0, 0.1) is 0 Å². The molecular weight excluding hydrogens is 282 g/mol. The van der Waals surface area contributed by atoms with Crippen molar-refractivity contribution in [2.45, 2.75) is 19.1 Å². The Morgan fingerprint density at radius 1 is 0.870 bits per heavy atom. The third-order valence-electron chi connectivity index (χ3n) is 4.59. The lowest BCUT2D eigenvalue weighted by atomic mass is 9.95. The van der Waals surface area contributed by atoms with E-state index in [1.54, 1.807) is 0 Å². The van der Waals surface area contributed by atoms with Gasteiger partial charge in [-0.1, -0.05) is 66.7 Å². The SMILES string of the molecule is c1ccc(-c2cccc3ccccc23)c(COC2CCNC2)c1. The van der Waals surface area contributed by atoms with Crippen LogP contribution >= 0.6 is 0 Å². The summed E-state index contributed by atoms with van der Waals surface area (Å²) in [5.41, 5.74) is 3.82. The molecule has 2 nitrogen and oxygen atoms in total. The van der Waals surface area contributed by atoms with Crippen LogP contribution in [0.5, 0.6) is 0 Å². The monoisotopic (exact) mass is 303 g/mol. The molecule has 0 aromatic heterocycles. The zero-order valence-corrected chi connectivity index (χ0v) is 13.2. The molecule has 4 rings (SSSR count). The smallest absolute Gasteiger partial charge is 0.0727 e. The summed E-state index contributed by atoms with van der Waals surface area (Å²) in [5, 5.41) is 5.93. The molecule has 116 valence electrons. The van der Waals surface area contributed by atoms with Gasteiger partial charge in [-0.3, -0.25) is 0 Å². The maximum absolute atomic E-state index is 6.10. The third kappa shape index (κ3) is 3.00. The van der Waals surface area contributed by atoms with Gasteiger partial charge in [0.2, 0.25) is 0 Å². The summed E-state index contributed by atoms with van der Waals surface area (Å²) in [6.07, 6.45) is 1.45. The van der Waals surface area contributed by atoms with E-state index in [4.69, 9.17) is 4.74 Å². The fourth-order valence-corrected chi connectivity index (χ4v) is 3.35. The first-order valence-electron chi connectivity index (χ1n) is 8.30. The van der Waals surface area contributed by atoms with Gasteiger partial charge in [0.1, 0.15) is 0 Å². The van der Waals surface area contributed by atoms with Gasteiger partial charge in [-0.25, -0.2) is 0 Å². The number of rotatable bonds is 4. The van der Waals surface area contributed by atoms with Crippen molar-refractivity contribution >= 4 is 10.8 Å². The molecule has 0 aliphatic carbocycles. The molecule has 1 N–H and O–H groups in total. The minimum Gasteiger partial charge on any atom is -0.372 e. The molecule has 2 heteroatoms. The minimum absolute atomic E-state index is 0.343. The second kappa shape index (κ2) is 6.53. The highest BCUT2D eigenvalue weighted by Crippen LogP contribution is 2.31. The van der Waals surface area contributed by atoms with Gasteiger partial charge in [0.25, 0.3) is 0 Å². The van der Waals surface area contributed by atoms with Crippen molar-refractivity contribution in [2.24, 2.45) is 0 Å². The second-order valence-electron chi connectivity index (χ2n) is 6.11. The van der Waals surface area contributed by atoms with Gasteiger partial charge in [0.05, 0.1) is 12.7 Å². The van der Waals surface area contributed by atoms with Gasteiger partial charge in [-0.05, 0) is 40.4 Å². The van der Waals surface area contributed by atoms with Crippen LogP contribution in [0.2, 0.25) is 0 Å². The topological polar surface area (TPSA) is 21.3 Å². The Labute approximate surface area is 137 Å². The highest BCUT2D eigenvalue weighted by Gasteiger charge is 2.16. The number of benzene rings is 3. The summed E-state index contributed by atoms with van der Waals surface area (Å²) in [7, 11) is 0. The first-order chi connectivity index (χ1) is 11.4. The predicted molar refractivity (Wildman–Crippen MR) is 95.4 cm³/mol. The van der Waals surface area contributed by atoms with Crippen LogP contribution in [-0.2, 0) is 11.3 Å². The first-order valence-corrected chi connectivity index (χ1v) is 8.30. The fraction of sp³-hybridized carbons (Fsp3) is 0.238. The molecule has 1 aliphatic heterocycles. The molecule has 3 aromatic carbocycles. The molecular formula is C21H21NO. The van der Waals surface area contributed by atoms with E-state index in [-0.39, 0.29) is 0 Å². The van der Waals surface area contributed by atoms with Crippen molar-refractivity contribution in [2.75, 3.05) is 13.1 Å². The summed E-state index contributed by atoms with van der Waals surface area (Å²) >= 11 is 0. The highest BCUT2D eigenvalue weighted by molar-refractivity contribution is 5.97. The van der Waals surface area contributed by atoms with Crippen molar-refractivity contribution in [1.82, 2.24) is 5.32 Å². The molecule has 1 heterocycles. The van der Waals surface area contributed by atoms with Crippen LogP contribution in [-0.4, -0.2) is 19.2 Å². The van der Waals surface area contributed by atoms with Crippen molar-refractivity contribution < 1.29 is 4.74 Å². The second-order valence-corrected chi connectivity index (χ2v) is 6.11. The molecule has 0 spiro atoms. The Hall–Kier alpha value is -2.16. The Kier molecular flexibility index (Phi) is 4.10. The summed E-state index contributed by atoms with van der Waals surface area (Å²) in [6.45, 7) is 2.71. The normalized spacial score (nSPS) is 17.7. The number of ether oxygens (including phenoxy) is 1. The van der Waals surface area contributed by atoms with E-state index in [1.807, 2.05) is 0 Å². The van der Waals surface area contributed by atoms with Crippen LogP contribution in [0.3, 0.4) is 0 Å². The maximum atomic E-state index is 6.10. The summed E-state index contributed by atoms with van der Waals surface area (Å²) < 4.78 is 6.10. The summed E-state index contributed by atoms with van der Waals surface area (Å²) in [6, 6.07) is 23.7. The van der Waals surface area contributed by atoms with E-state index in [2.05, 4.69) is 72.0 Å². The molecule has 3 aromatic rings. The molecule has 23 heavy (non-hydrogen) atoms. The van der Waals surface area contributed by atoms with Crippen LogP contribution < -0.4 is 5.32 Å². The summed E-state index contributed by atoms with van der Waals surface area (Å²) in [5.74, 6) is 0. The lowest BCUT2D eigenvalue weighted by Gasteiger charge is -2.15. The Morgan fingerprint density at radius 3 is 2.57 bits per heavy atom. The average molecular weight is 303 g/mol. The number of nitrogens with one attached hydrogen (secondary N) is 1. The minimum atomic E-state index is 0.343. The molecule has 0 bridgehead atoms. The van der Waals surface area contributed by atoms with Crippen LogP contribution in [0.4, 0.5) is 0 Å². The van der Waals surface area contributed by atoms with Gasteiger partial charge >= 0.3 is 0 Å². The fourth-order valence-electron chi connectivity index (χ4n) is 3.35. The standard InChI is InChI=1S/C21H21NO/c1-3-9-19-16(6-1)8-5-11-21(19)20-10-4-2-7-17(20)15-23-18-12-13-22-14-18/h1-11,18,22H,12-15H2. The largest absolute Gasteiger partial charge is 0.372 e. The molecule has 0 radical (unpaired) electrons. The molecule has 1 saturated heterocycles. The average Bonchev–Trinajstić information content (AvgIpc) is 3.13. The quantitative estimate of drug-likeness (QED) is 0.772. The lowest BCUT2D eigenvalue weighted by molar-refractivity contribution is 0.0545. The van der Waals surface area contributed by atoms with E-state index >= 15 is 0 Å². The third-order valence-corrected chi connectivity index (χ3v) is 4.59. The zero-order chi connectivity index (χ0) is 15.5. The van der Waals surface area contributed by atoms with Gasteiger partial charge in [0, 0.05) is 6.54 Å². The molecule has 1 aliphatic rings. The van der Waals surface area contributed by atoms with Gasteiger partial charge in [-0.2, -0.15) is 0 Å². The molecule has 1 fully saturated rings. The van der Waals surface area contributed by atoms with Crippen molar-refractivity contribution in [3.05, 3.63) is 72.3 Å². The van der Waals surface area contributed by atoms with E-state index in [0.717, 1.165) is 19.5 Å². The van der Waals surface area contributed by atoms with Crippen molar-refractivity contribution in [1.29, 1.82) is 0 Å². The molecule has 1 atom stereocenters. The van der Waals surface area contributed by atoms with Gasteiger partial charge in [-0.15, -0.1) is 0 Å². The summed E-state index contributed by atoms with van der Waals surface area (Å²) in [4.78, 5) is 0.